The number of nitrogens with one attached hydrogen (secondary N) is 1. The second kappa shape index (κ2) is 8.13. The van der Waals surface area contributed by atoms with E-state index in [-0.39, 0.29) is 10.8 Å². The number of aromatic nitrogens is 4. The predicted octanol–water partition coefficient (Wildman–Crippen LogP) is 0.556. The highest BCUT2D eigenvalue weighted by Crippen LogP contribution is 2.14. The summed E-state index contributed by atoms with van der Waals surface area (Å²) >= 11 is 1.07. The van der Waals surface area contributed by atoms with Crippen LogP contribution < -0.4 is 4.72 Å². The maximum atomic E-state index is 11.9. The van der Waals surface area contributed by atoms with Crippen molar-refractivity contribution in [2.24, 2.45) is 0 Å². The number of tetrazole rings is 1. The minimum absolute atomic E-state index is 0.101. The second-order valence-electron chi connectivity index (χ2n) is 4.59. The summed E-state index contributed by atoms with van der Waals surface area (Å²) in [6.45, 7) is 2.14. The minimum Gasteiger partial charge on any atom is -0.456 e. The van der Waals surface area contributed by atoms with Crippen LogP contribution in [0.5, 0.6) is 0 Å². The number of thiophene rings is 1. The van der Waals surface area contributed by atoms with Gasteiger partial charge in [-0.3, -0.25) is 4.79 Å². The summed E-state index contributed by atoms with van der Waals surface area (Å²) in [7, 11) is -3.68. The molecule has 1 N–H and O–H groups in total. The SMILES string of the molecule is CCCCn1nnnc1COC(=O)CNS(=O)(=O)c1cccs1. The fourth-order valence-corrected chi connectivity index (χ4v) is 3.65. The molecule has 0 saturated carbocycles. The molecule has 2 aromatic heterocycles. The van der Waals surface area contributed by atoms with E-state index in [1.807, 2.05) is 6.92 Å². The molecule has 23 heavy (non-hydrogen) atoms. The summed E-state index contributed by atoms with van der Waals surface area (Å²) in [6, 6.07) is 3.08. The number of unbranched alkanes of at least 4 members (excludes halogenated alkanes) is 1. The van der Waals surface area contributed by atoms with E-state index in [0.717, 1.165) is 24.2 Å². The van der Waals surface area contributed by atoms with Gasteiger partial charge in [0.15, 0.2) is 12.4 Å². The van der Waals surface area contributed by atoms with Gasteiger partial charge < -0.3 is 4.74 Å². The summed E-state index contributed by atoms with van der Waals surface area (Å²) in [4.78, 5) is 11.7. The minimum atomic E-state index is -3.68. The quantitative estimate of drug-likeness (QED) is 0.650. The smallest absolute Gasteiger partial charge is 0.321 e. The number of carbonyl (C=O) groups is 1. The zero-order valence-corrected chi connectivity index (χ0v) is 14.1. The fraction of sp³-hybridized carbons (Fsp3) is 0.500. The van der Waals surface area contributed by atoms with Gasteiger partial charge in [-0.15, -0.1) is 16.4 Å². The van der Waals surface area contributed by atoms with Gasteiger partial charge in [0.2, 0.25) is 0 Å². The van der Waals surface area contributed by atoms with Gasteiger partial charge in [-0.25, -0.2) is 13.1 Å². The van der Waals surface area contributed by atoms with E-state index < -0.39 is 22.5 Å². The molecule has 0 saturated heterocycles. The van der Waals surface area contributed by atoms with E-state index in [9.17, 15) is 13.2 Å². The summed E-state index contributed by atoms with van der Waals surface area (Å²) < 4.78 is 32.6. The Labute approximate surface area is 137 Å². The molecule has 2 rings (SSSR count). The van der Waals surface area contributed by atoms with Crippen molar-refractivity contribution in [1.29, 1.82) is 0 Å². The van der Waals surface area contributed by atoms with Crippen LogP contribution in [-0.2, 0) is 32.7 Å². The largest absolute Gasteiger partial charge is 0.456 e. The van der Waals surface area contributed by atoms with E-state index >= 15 is 0 Å². The van der Waals surface area contributed by atoms with E-state index in [1.54, 1.807) is 16.1 Å². The van der Waals surface area contributed by atoms with Crippen LogP contribution in [0.1, 0.15) is 25.6 Å². The first-order chi connectivity index (χ1) is 11.0. The van der Waals surface area contributed by atoms with Gasteiger partial charge in [-0.1, -0.05) is 19.4 Å². The molecule has 0 amide bonds. The lowest BCUT2D eigenvalue weighted by molar-refractivity contribution is -0.143. The molecule has 0 radical (unpaired) electrons. The Morgan fingerprint density at radius 1 is 1.48 bits per heavy atom. The van der Waals surface area contributed by atoms with Gasteiger partial charge in [-0.05, 0) is 28.3 Å². The first-order valence-electron chi connectivity index (χ1n) is 6.96. The predicted molar refractivity (Wildman–Crippen MR) is 82.0 cm³/mol. The lowest BCUT2D eigenvalue weighted by Crippen LogP contribution is -2.30. The van der Waals surface area contributed by atoms with Gasteiger partial charge in [-0.2, -0.15) is 4.72 Å². The van der Waals surface area contributed by atoms with Crippen LogP contribution in [0, 0.1) is 0 Å². The molecule has 0 aromatic carbocycles. The van der Waals surface area contributed by atoms with Crippen molar-refractivity contribution in [2.75, 3.05) is 6.54 Å². The van der Waals surface area contributed by atoms with Crippen molar-refractivity contribution < 1.29 is 17.9 Å². The zero-order valence-electron chi connectivity index (χ0n) is 12.5. The number of hydrogen-bond acceptors (Lipinski definition) is 8. The lowest BCUT2D eigenvalue weighted by Gasteiger charge is -2.06. The molecule has 0 fully saturated rings. The molecule has 0 aliphatic carbocycles. The molecule has 0 spiro atoms. The molecule has 2 aromatic rings. The molecule has 2 heterocycles. The Bertz CT molecular complexity index is 726. The van der Waals surface area contributed by atoms with Crippen LogP contribution in [0.4, 0.5) is 0 Å². The average Bonchev–Trinajstić information content (AvgIpc) is 3.20. The van der Waals surface area contributed by atoms with Gasteiger partial charge in [0.05, 0.1) is 0 Å². The van der Waals surface area contributed by atoms with E-state index in [1.165, 1.54) is 6.07 Å². The maximum absolute atomic E-state index is 11.9. The number of ether oxygens (including phenoxy) is 1. The monoisotopic (exact) mass is 359 g/mol. The third-order valence-electron chi connectivity index (χ3n) is 2.86. The Hall–Kier alpha value is -1.85. The Kier molecular flexibility index (Phi) is 6.19. The summed E-state index contributed by atoms with van der Waals surface area (Å²) in [5, 5.41) is 12.8. The van der Waals surface area contributed by atoms with Crippen molar-refractivity contribution in [1.82, 2.24) is 24.9 Å². The number of aryl methyl sites for hydroxylation is 1. The van der Waals surface area contributed by atoms with Crippen molar-refractivity contribution in [2.45, 2.75) is 37.1 Å². The number of hydrogen-bond donors (Lipinski definition) is 1. The van der Waals surface area contributed by atoms with Crippen molar-refractivity contribution in [3.63, 3.8) is 0 Å². The van der Waals surface area contributed by atoms with Gasteiger partial charge in [0.25, 0.3) is 10.0 Å². The summed E-state index contributed by atoms with van der Waals surface area (Å²) in [5.41, 5.74) is 0. The lowest BCUT2D eigenvalue weighted by atomic mass is 10.3. The highest BCUT2D eigenvalue weighted by atomic mass is 32.2. The first kappa shape index (κ1) is 17.5. The summed E-state index contributed by atoms with van der Waals surface area (Å²) in [5.74, 6) is -0.275. The van der Waals surface area contributed by atoms with Crippen LogP contribution in [0.3, 0.4) is 0 Å². The number of nitrogens with zero attached hydrogens (tertiary/aromatic N) is 4. The molecule has 0 unspecified atom stereocenters. The standard InChI is InChI=1S/C12H17N5O4S2/c1-2-3-6-17-10(14-15-16-17)9-21-11(18)8-13-23(19,20)12-5-4-7-22-12/h4-5,7,13H,2-3,6,8-9H2,1H3. The highest BCUT2D eigenvalue weighted by molar-refractivity contribution is 7.91. The van der Waals surface area contributed by atoms with Gasteiger partial charge >= 0.3 is 5.97 Å². The van der Waals surface area contributed by atoms with E-state index in [2.05, 4.69) is 20.2 Å². The van der Waals surface area contributed by atoms with Crippen LogP contribution >= 0.6 is 11.3 Å². The molecule has 126 valence electrons. The van der Waals surface area contributed by atoms with Crippen molar-refractivity contribution >= 4 is 27.3 Å². The zero-order chi connectivity index (χ0) is 16.7. The van der Waals surface area contributed by atoms with Crippen molar-refractivity contribution in [3.8, 4) is 0 Å². The van der Waals surface area contributed by atoms with Gasteiger partial charge in [0, 0.05) is 6.54 Å². The third kappa shape index (κ3) is 5.08. The second-order valence-corrected chi connectivity index (χ2v) is 7.53. The fourth-order valence-electron chi connectivity index (χ4n) is 1.65. The van der Waals surface area contributed by atoms with Crippen LogP contribution in [0.25, 0.3) is 0 Å². The topological polar surface area (TPSA) is 116 Å². The molecular weight excluding hydrogens is 342 g/mol. The Balaban J connectivity index is 1.81. The van der Waals surface area contributed by atoms with E-state index in [0.29, 0.717) is 12.4 Å². The van der Waals surface area contributed by atoms with Crippen LogP contribution in [0.15, 0.2) is 21.7 Å². The molecule has 0 atom stereocenters. The average molecular weight is 359 g/mol. The first-order valence-corrected chi connectivity index (χ1v) is 9.33. The third-order valence-corrected chi connectivity index (χ3v) is 5.66. The molecular formula is C12H17N5O4S2. The number of rotatable bonds is 9. The number of esters is 1. The molecule has 11 heteroatoms. The number of sulfonamides is 1. The Morgan fingerprint density at radius 2 is 2.30 bits per heavy atom. The molecule has 0 aliphatic rings. The molecule has 0 aliphatic heterocycles. The maximum Gasteiger partial charge on any atom is 0.321 e. The normalized spacial score (nSPS) is 11.5. The molecule has 9 nitrogen and oxygen atoms in total. The van der Waals surface area contributed by atoms with Crippen molar-refractivity contribution in [3.05, 3.63) is 23.3 Å². The van der Waals surface area contributed by atoms with Crippen LogP contribution in [-0.4, -0.2) is 41.1 Å². The van der Waals surface area contributed by atoms with Crippen LogP contribution in [0.2, 0.25) is 0 Å². The highest BCUT2D eigenvalue weighted by Gasteiger charge is 2.17. The summed E-state index contributed by atoms with van der Waals surface area (Å²) in [6.07, 6.45) is 1.90. The van der Waals surface area contributed by atoms with E-state index in [4.69, 9.17) is 4.74 Å². The number of carbonyl (C=O) groups excluding carboxylic acids is 1. The molecule has 0 bridgehead atoms. The Morgan fingerprint density at radius 3 is 3.00 bits per heavy atom. The van der Waals surface area contributed by atoms with Gasteiger partial charge in [0.1, 0.15) is 10.8 Å².